The van der Waals surface area contributed by atoms with Gasteiger partial charge in [0.1, 0.15) is 18.1 Å². The van der Waals surface area contributed by atoms with E-state index in [0.717, 1.165) is 21.8 Å². The van der Waals surface area contributed by atoms with Crippen LogP contribution in [0.5, 0.6) is 0 Å². The zero-order chi connectivity index (χ0) is 33.5. The van der Waals surface area contributed by atoms with E-state index in [-0.39, 0.29) is 19.3 Å². The van der Waals surface area contributed by atoms with Crippen molar-refractivity contribution in [3.05, 3.63) is 90.3 Å². The highest BCUT2D eigenvalue weighted by Gasteiger charge is 2.32. The molecule has 0 saturated heterocycles. The Morgan fingerprint density at radius 2 is 1.23 bits per heavy atom. The van der Waals surface area contributed by atoms with Crippen molar-refractivity contribution in [2.75, 3.05) is 0 Å². The van der Waals surface area contributed by atoms with E-state index in [1.807, 2.05) is 48.5 Å². The number of amides is 4. The third-order valence-corrected chi connectivity index (χ3v) is 7.82. The molecule has 0 radical (unpaired) electrons. The molecular weight excluding hydrogens is 606 g/mol. The van der Waals surface area contributed by atoms with Crippen molar-refractivity contribution in [1.29, 1.82) is 0 Å². The number of carboxylic acid groups (broad SMARTS) is 1. The average Bonchev–Trinajstić information content (AvgIpc) is 3.80. The van der Waals surface area contributed by atoms with Crippen LogP contribution in [0, 0.1) is 0 Å². The van der Waals surface area contributed by atoms with Gasteiger partial charge in [0.05, 0.1) is 18.8 Å². The standard InChI is InChI=1S/C32H35N9O6/c33-22(12-28(34)42)29(43)39-25(9-17-13-36-23-7-3-1-5-20(17)23)30(44)40-26(10-18-14-37-24-8-4-2-6-21(18)24)31(45)41-27(32(46)47)11-19-15-35-16-38-19/h1-8,13-16,22,25-27,36-37H,9-12,33H2,(H2,34,42)(H,35,38)(H,39,43)(H,40,44)(H,41,45)(H,46,47). The normalized spacial score (nSPS) is 13.8. The Morgan fingerprint density at radius 3 is 1.72 bits per heavy atom. The van der Waals surface area contributed by atoms with E-state index in [1.165, 1.54) is 12.5 Å². The number of benzene rings is 2. The third-order valence-electron chi connectivity index (χ3n) is 7.82. The number of fused-ring (bicyclic) bond motifs is 2. The van der Waals surface area contributed by atoms with E-state index in [9.17, 15) is 29.1 Å². The number of hydrogen-bond acceptors (Lipinski definition) is 7. The van der Waals surface area contributed by atoms with Gasteiger partial charge in [-0.05, 0) is 23.3 Å². The molecule has 5 rings (SSSR count). The number of carbonyl (C=O) groups excluding carboxylic acids is 4. The number of nitrogens with two attached hydrogens (primary N) is 2. The fourth-order valence-electron chi connectivity index (χ4n) is 5.41. The molecule has 4 unspecified atom stereocenters. The number of H-pyrrole nitrogens is 3. The van der Waals surface area contributed by atoms with E-state index in [0.29, 0.717) is 16.8 Å². The molecule has 0 aliphatic heterocycles. The van der Waals surface area contributed by atoms with Crippen LogP contribution in [0.3, 0.4) is 0 Å². The van der Waals surface area contributed by atoms with Gasteiger partial charge in [0, 0.05) is 65.4 Å². The highest BCUT2D eigenvalue weighted by atomic mass is 16.4. The molecule has 4 amide bonds. The predicted molar refractivity (Wildman–Crippen MR) is 172 cm³/mol. The summed E-state index contributed by atoms with van der Waals surface area (Å²) >= 11 is 0. The van der Waals surface area contributed by atoms with Crippen LogP contribution in [0.4, 0.5) is 0 Å². The fraction of sp³-hybridized carbons (Fsp3) is 0.250. The molecule has 2 aromatic carbocycles. The third kappa shape index (κ3) is 8.01. The van der Waals surface area contributed by atoms with E-state index in [4.69, 9.17) is 11.5 Å². The molecule has 4 atom stereocenters. The van der Waals surface area contributed by atoms with Gasteiger partial charge in [-0.3, -0.25) is 19.2 Å². The Balaban J connectivity index is 1.43. The highest BCUT2D eigenvalue weighted by molar-refractivity contribution is 5.96. The van der Waals surface area contributed by atoms with Gasteiger partial charge in [-0.2, -0.15) is 0 Å². The smallest absolute Gasteiger partial charge is 0.326 e. The van der Waals surface area contributed by atoms with Gasteiger partial charge < -0.3 is 47.5 Å². The molecule has 15 heteroatoms. The number of carbonyl (C=O) groups is 5. The van der Waals surface area contributed by atoms with Crippen LogP contribution in [-0.2, 0) is 43.2 Å². The molecule has 244 valence electrons. The number of rotatable bonds is 15. The maximum absolute atomic E-state index is 14.0. The van der Waals surface area contributed by atoms with Crippen molar-refractivity contribution < 1.29 is 29.1 Å². The molecule has 0 fully saturated rings. The summed E-state index contributed by atoms with van der Waals surface area (Å²) in [6, 6.07) is 9.66. The number of aromatic amines is 3. The monoisotopic (exact) mass is 641 g/mol. The van der Waals surface area contributed by atoms with Crippen molar-refractivity contribution in [2.45, 2.75) is 49.9 Å². The van der Waals surface area contributed by atoms with Gasteiger partial charge in [0.2, 0.25) is 23.6 Å². The number of nitrogens with one attached hydrogen (secondary N) is 6. The van der Waals surface area contributed by atoms with Crippen LogP contribution in [-0.4, -0.2) is 78.8 Å². The van der Waals surface area contributed by atoms with Crippen LogP contribution in [0.25, 0.3) is 21.8 Å². The quantitative estimate of drug-likeness (QED) is 0.0758. The predicted octanol–water partition coefficient (Wildman–Crippen LogP) is 0.142. The summed E-state index contributed by atoms with van der Waals surface area (Å²) in [6.45, 7) is 0. The fourth-order valence-corrected chi connectivity index (χ4v) is 5.41. The van der Waals surface area contributed by atoms with Crippen LogP contribution >= 0.6 is 0 Å². The average molecular weight is 642 g/mol. The van der Waals surface area contributed by atoms with Crippen molar-refractivity contribution in [3.8, 4) is 0 Å². The minimum Gasteiger partial charge on any atom is -0.480 e. The molecule has 0 bridgehead atoms. The molecule has 0 spiro atoms. The maximum atomic E-state index is 14.0. The molecule has 11 N–H and O–H groups in total. The summed E-state index contributed by atoms with van der Waals surface area (Å²) < 4.78 is 0. The summed E-state index contributed by atoms with van der Waals surface area (Å²) in [6.07, 6.45) is 5.75. The number of hydrogen-bond donors (Lipinski definition) is 9. The van der Waals surface area contributed by atoms with E-state index >= 15 is 0 Å². The van der Waals surface area contributed by atoms with Crippen LogP contribution in [0.15, 0.2) is 73.4 Å². The van der Waals surface area contributed by atoms with Crippen molar-refractivity contribution in [3.63, 3.8) is 0 Å². The van der Waals surface area contributed by atoms with Crippen molar-refractivity contribution in [2.24, 2.45) is 11.5 Å². The Morgan fingerprint density at radius 1 is 0.723 bits per heavy atom. The second-order valence-corrected chi connectivity index (χ2v) is 11.2. The number of aliphatic carboxylic acids is 1. The van der Waals surface area contributed by atoms with Crippen LogP contribution < -0.4 is 27.4 Å². The van der Waals surface area contributed by atoms with Gasteiger partial charge in [0.15, 0.2) is 0 Å². The Kier molecular flexibility index (Phi) is 9.96. The van der Waals surface area contributed by atoms with Gasteiger partial charge in [-0.1, -0.05) is 36.4 Å². The first-order valence-electron chi connectivity index (χ1n) is 14.8. The first kappa shape index (κ1) is 32.4. The maximum Gasteiger partial charge on any atom is 0.326 e. The first-order valence-corrected chi connectivity index (χ1v) is 14.8. The summed E-state index contributed by atoms with van der Waals surface area (Å²) in [5.41, 5.74) is 14.6. The van der Waals surface area contributed by atoms with E-state index in [2.05, 4.69) is 35.9 Å². The molecule has 3 aromatic heterocycles. The summed E-state index contributed by atoms with van der Waals surface area (Å²) in [5.74, 6) is -4.33. The first-order chi connectivity index (χ1) is 22.6. The Labute approximate surface area is 267 Å². The minimum atomic E-state index is -1.33. The van der Waals surface area contributed by atoms with E-state index in [1.54, 1.807) is 12.4 Å². The van der Waals surface area contributed by atoms with Gasteiger partial charge >= 0.3 is 5.97 Å². The largest absolute Gasteiger partial charge is 0.480 e. The van der Waals surface area contributed by atoms with Crippen molar-refractivity contribution in [1.82, 2.24) is 35.9 Å². The van der Waals surface area contributed by atoms with Gasteiger partial charge in [0.25, 0.3) is 0 Å². The van der Waals surface area contributed by atoms with Gasteiger partial charge in [-0.15, -0.1) is 0 Å². The molecule has 0 aliphatic carbocycles. The number of primary amides is 1. The molecule has 3 heterocycles. The second-order valence-electron chi connectivity index (χ2n) is 11.2. The lowest BCUT2D eigenvalue weighted by atomic mass is 10.0. The number of imidazole rings is 1. The van der Waals surface area contributed by atoms with Crippen molar-refractivity contribution >= 4 is 51.4 Å². The SMILES string of the molecule is NC(=O)CC(N)C(=O)NC(Cc1c[nH]c2ccccc12)C(=O)NC(Cc1c[nH]c2ccccc12)C(=O)NC(Cc1cnc[nH]1)C(=O)O. The zero-order valence-corrected chi connectivity index (χ0v) is 25.2. The number of nitrogens with zero attached hydrogens (tertiary/aromatic N) is 1. The zero-order valence-electron chi connectivity index (χ0n) is 25.2. The molecule has 0 saturated carbocycles. The molecular formula is C32H35N9O6. The molecule has 5 aromatic rings. The summed E-state index contributed by atoms with van der Waals surface area (Å²) in [5, 5.41) is 19.4. The lowest BCUT2D eigenvalue weighted by molar-refractivity contribution is -0.142. The van der Waals surface area contributed by atoms with Gasteiger partial charge in [-0.25, -0.2) is 9.78 Å². The molecule has 0 aliphatic rings. The highest BCUT2D eigenvalue weighted by Crippen LogP contribution is 2.21. The lowest BCUT2D eigenvalue weighted by Crippen LogP contribution is -2.58. The van der Waals surface area contributed by atoms with Crippen LogP contribution in [0.2, 0.25) is 0 Å². The molecule has 15 nitrogen and oxygen atoms in total. The number of aromatic nitrogens is 4. The molecule has 47 heavy (non-hydrogen) atoms. The Bertz CT molecular complexity index is 1900. The summed E-state index contributed by atoms with van der Waals surface area (Å²) in [4.78, 5) is 77.3. The second kappa shape index (κ2) is 14.4. The topological polar surface area (TPSA) is 254 Å². The van der Waals surface area contributed by atoms with Crippen LogP contribution in [0.1, 0.15) is 23.2 Å². The number of carboxylic acids is 1. The minimum absolute atomic E-state index is 0.00385. The number of para-hydroxylation sites is 2. The summed E-state index contributed by atoms with van der Waals surface area (Å²) in [7, 11) is 0. The lowest BCUT2D eigenvalue weighted by Gasteiger charge is -2.25. The van der Waals surface area contributed by atoms with E-state index < -0.39 is 60.2 Å². The Hall–Kier alpha value is -5.96.